The first-order chi connectivity index (χ1) is 14.8. The van der Waals surface area contributed by atoms with E-state index in [0.717, 1.165) is 6.07 Å². The van der Waals surface area contributed by atoms with Gasteiger partial charge in [-0.1, -0.05) is 35.5 Å². The van der Waals surface area contributed by atoms with E-state index in [1.165, 1.54) is 30.0 Å². The molecule has 1 N–H and O–H groups in total. The Kier molecular flexibility index (Phi) is 7.50. The number of hydrogen-bond donors (Lipinski definition) is 1. The van der Waals surface area contributed by atoms with Gasteiger partial charge in [0.1, 0.15) is 5.82 Å². The standard InChI is InChI=1S/C21H21ClF2N4O2S/c1-12(2)28-20(13(3)30-18-7-5-4-6-16(18)24)26-27-21(28)31-11-19(29)25-17-9-8-14(23)10-15(17)22/h4-10,12-13H,11H2,1-3H3,(H,25,29). The Morgan fingerprint density at radius 1 is 1.19 bits per heavy atom. The number of nitrogens with one attached hydrogen (secondary N) is 1. The molecule has 0 saturated carbocycles. The van der Waals surface area contributed by atoms with Crippen LogP contribution in [0.3, 0.4) is 0 Å². The first-order valence-electron chi connectivity index (χ1n) is 9.50. The van der Waals surface area contributed by atoms with Crippen LogP contribution in [-0.2, 0) is 4.79 Å². The molecule has 0 aliphatic carbocycles. The van der Waals surface area contributed by atoms with Gasteiger partial charge in [0, 0.05) is 6.04 Å². The summed E-state index contributed by atoms with van der Waals surface area (Å²) in [4.78, 5) is 12.3. The lowest BCUT2D eigenvalue weighted by Crippen LogP contribution is -2.17. The Morgan fingerprint density at radius 2 is 1.94 bits per heavy atom. The molecule has 2 aromatic carbocycles. The number of aromatic nitrogens is 3. The first-order valence-corrected chi connectivity index (χ1v) is 10.9. The summed E-state index contributed by atoms with van der Waals surface area (Å²) in [6.07, 6.45) is -0.562. The zero-order valence-electron chi connectivity index (χ0n) is 17.1. The monoisotopic (exact) mass is 466 g/mol. The quantitative estimate of drug-likeness (QED) is 0.434. The first kappa shape index (κ1) is 23.0. The van der Waals surface area contributed by atoms with Gasteiger partial charge in [0.15, 0.2) is 28.7 Å². The molecular formula is C21H21ClF2N4O2S. The summed E-state index contributed by atoms with van der Waals surface area (Å²) in [5.41, 5.74) is 0.326. The average molecular weight is 467 g/mol. The molecule has 164 valence electrons. The summed E-state index contributed by atoms with van der Waals surface area (Å²) in [6, 6.07) is 9.86. The van der Waals surface area contributed by atoms with Crippen molar-refractivity contribution in [3.8, 4) is 5.75 Å². The number of amides is 1. The molecule has 1 aromatic heterocycles. The van der Waals surface area contributed by atoms with Gasteiger partial charge in [0.2, 0.25) is 5.91 Å². The molecule has 10 heteroatoms. The van der Waals surface area contributed by atoms with Crippen LogP contribution in [0.15, 0.2) is 47.6 Å². The highest BCUT2D eigenvalue weighted by atomic mass is 35.5. The predicted octanol–water partition coefficient (Wildman–Crippen LogP) is 5.66. The third kappa shape index (κ3) is 5.74. The van der Waals surface area contributed by atoms with Crippen LogP contribution in [0.5, 0.6) is 5.75 Å². The number of carbonyl (C=O) groups is 1. The highest BCUT2D eigenvalue weighted by Gasteiger charge is 2.23. The lowest BCUT2D eigenvalue weighted by molar-refractivity contribution is -0.113. The predicted molar refractivity (Wildman–Crippen MR) is 117 cm³/mol. The molecule has 3 rings (SSSR count). The molecule has 1 amide bonds. The number of halogens is 3. The molecule has 0 aliphatic rings. The molecular weight excluding hydrogens is 446 g/mol. The van der Waals surface area contributed by atoms with Gasteiger partial charge in [0.05, 0.1) is 16.5 Å². The van der Waals surface area contributed by atoms with E-state index in [1.54, 1.807) is 25.1 Å². The van der Waals surface area contributed by atoms with Gasteiger partial charge >= 0.3 is 0 Å². The molecule has 0 radical (unpaired) electrons. The molecule has 1 atom stereocenters. The van der Waals surface area contributed by atoms with Crippen LogP contribution in [-0.4, -0.2) is 26.4 Å². The highest BCUT2D eigenvalue weighted by Crippen LogP contribution is 2.29. The van der Waals surface area contributed by atoms with Crippen molar-refractivity contribution in [1.82, 2.24) is 14.8 Å². The minimum atomic E-state index is -0.562. The minimum Gasteiger partial charge on any atom is -0.480 e. The van der Waals surface area contributed by atoms with E-state index < -0.39 is 17.7 Å². The topological polar surface area (TPSA) is 69.0 Å². The van der Waals surface area contributed by atoms with Crippen molar-refractivity contribution in [2.75, 3.05) is 11.1 Å². The van der Waals surface area contributed by atoms with Gasteiger partial charge in [-0.15, -0.1) is 10.2 Å². The van der Waals surface area contributed by atoms with E-state index in [0.29, 0.717) is 16.7 Å². The summed E-state index contributed by atoms with van der Waals surface area (Å²) >= 11 is 7.13. The fourth-order valence-corrected chi connectivity index (χ4v) is 3.93. The third-order valence-electron chi connectivity index (χ3n) is 4.25. The van der Waals surface area contributed by atoms with Crippen molar-refractivity contribution in [1.29, 1.82) is 0 Å². The van der Waals surface area contributed by atoms with Gasteiger partial charge in [-0.25, -0.2) is 8.78 Å². The van der Waals surface area contributed by atoms with Crippen LogP contribution in [0.4, 0.5) is 14.5 Å². The smallest absolute Gasteiger partial charge is 0.234 e. The second-order valence-corrected chi connectivity index (χ2v) is 8.31. The van der Waals surface area contributed by atoms with Gasteiger partial charge in [-0.2, -0.15) is 0 Å². The molecule has 6 nitrogen and oxygen atoms in total. The van der Waals surface area contributed by atoms with Gasteiger partial charge < -0.3 is 14.6 Å². The molecule has 0 spiro atoms. The minimum absolute atomic E-state index is 0.0197. The molecule has 0 aliphatic heterocycles. The van der Waals surface area contributed by atoms with Gasteiger partial charge in [-0.3, -0.25) is 4.79 Å². The Labute approximate surface area is 188 Å². The van der Waals surface area contributed by atoms with Crippen molar-refractivity contribution in [2.24, 2.45) is 0 Å². The lowest BCUT2D eigenvalue weighted by atomic mass is 10.3. The van der Waals surface area contributed by atoms with Crippen LogP contribution < -0.4 is 10.1 Å². The van der Waals surface area contributed by atoms with E-state index >= 15 is 0 Å². The van der Waals surface area contributed by atoms with E-state index in [9.17, 15) is 13.6 Å². The van der Waals surface area contributed by atoms with E-state index in [1.807, 2.05) is 18.4 Å². The van der Waals surface area contributed by atoms with Crippen molar-refractivity contribution >= 4 is 35.0 Å². The Bertz CT molecular complexity index is 1080. The number of ether oxygens (including phenoxy) is 1. The Balaban J connectivity index is 1.70. The number of para-hydroxylation sites is 1. The summed E-state index contributed by atoms with van der Waals surface area (Å²) in [6.45, 7) is 5.66. The van der Waals surface area contributed by atoms with Crippen LogP contribution in [0.2, 0.25) is 5.02 Å². The third-order valence-corrected chi connectivity index (χ3v) is 5.50. The summed E-state index contributed by atoms with van der Waals surface area (Å²) in [5.74, 6) is -0.589. The summed E-state index contributed by atoms with van der Waals surface area (Å²) in [7, 11) is 0. The number of hydrogen-bond acceptors (Lipinski definition) is 5. The fourth-order valence-electron chi connectivity index (χ4n) is 2.84. The number of nitrogens with zero attached hydrogens (tertiary/aromatic N) is 3. The van der Waals surface area contributed by atoms with E-state index in [2.05, 4.69) is 15.5 Å². The van der Waals surface area contributed by atoms with Crippen molar-refractivity contribution in [3.63, 3.8) is 0 Å². The van der Waals surface area contributed by atoms with Crippen LogP contribution >= 0.6 is 23.4 Å². The lowest BCUT2D eigenvalue weighted by Gasteiger charge is -2.19. The van der Waals surface area contributed by atoms with Gasteiger partial charge in [-0.05, 0) is 51.1 Å². The van der Waals surface area contributed by atoms with Crippen LogP contribution in [0.1, 0.15) is 38.7 Å². The number of carbonyl (C=O) groups excluding carboxylic acids is 1. The van der Waals surface area contributed by atoms with Gasteiger partial charge in [0.25, 0.3) is 0 Å². The summed E-state index contributed by atoms with van der Waals surface area (Å²) < 4.78 is 34.6. The zero-order valence-corrected chi connectivity index (χ0v) is 18.7. The SMILES string of the molecule is CC(Oc1ccccc1F)c1nnc(SCC(=O)Nc2ccc(F)cc2Cl)n1C(C)C. The molecule has 1 heterocycles. The molecule has 0 fully saturated rings. The van der Waals surface area contributed by atoms with Crippen LogP contribution in [0.25, 0.3) is 0 Å². The van der Waals surface area contributed by atoms with Crippen LogP contribution in [0, 0.1) is 11.6 Å². The molecule has 0 bridgehead atoms. The maximum absolute atomic E-state index is 13.9. The zero-order chi connectivity index (χ0) is 22.5. The number of benzene rings is 2. The Morgan fingerprint density at radius 3 is 2.61 bits per heavy atom. The molecule has 3 aromatic rings. The normalized spacial score (nSPS) is 12.1. The van der Waals surface area contributed by atoms with Crippen molar-refractivity contribution in [2.45, 2.75) is 38.1 Å². The second-order valence-electron chi connectivity index (χ2n) is 6.96. The molecule has 0 saturated heterocycles. The summed E-state index contributed by atoms with van der Waals surface area (Å²) in [5, 5.41) is 11.7. The van der Waals surface area contributed by atoms with Crippen molar-refractivity contribution in [3.05, 3.63) is 64.9 Å². The average Bonchev–Trinajstić information content (AvgIpc) is 3.15. The number of rotatable bonds is 8. The van der Waals surface area contributed by atoms with E-state index in [-0.39, 0.29) is 28.5 Å². The second kappa shape index (κ2) is 10.1. The fraction of sp³-hybridized carbons (Fsp3) is 0.286. The van der Waals surface area contributed by atoms with E-state index in [4.69, 9.17) is 16.3 Å². The molecule has 31 heavy (non-hydrogen) atoms. The highest BCUT2D eigenvalue weighted by molar-refractivity contribution is 7.99. The Hall–Kier alpha value is -2.65. The largest absolute Gasteiger partial charge is 0.480 e. The maximum atomic E-state index is 13.9. The number of anilines is 1. The molecule has 1 unspecified atom stereocenters. The maximum Gasteiger partial charge on any atom is 0.234 e. The number of thioether (sulfide) groups is 1. The van der Waals surface area contributed by atoms with Crippen molar-refractivity contribution < 1.29 is 18.3 Å².